The van der Waals surface area contributed by atoms with E-state index in [1.54, 1.807) is 0 Å². The van der Waals surface area contributed by atoms with Gasteiger partial charge in [-0.2, -0.15) is 5.26 Å². The highest BCUT2D eigenvalue weighted by Crippen LogP contribution is 2.16. The molecule has 1 rings (SSSR count). The van der Waals surface area contributed by atoms with Gasteiger partial charge in [0, 0.05) is 18.7 Å². The molecule has 2 N–H and O–H groups in total. The lowest BCUT2D eigenvalue weighted by molar-refractivity contribution is 0.263. The van der Waals surface area contributed by atoms with Crippen LogP contribution in [0.2, 0.25) is 0 Å². The summed E-state index contributed by atoms with van der Waals surface area (Å²) in [6, 6.07) is 12.4. The van der Waals surface area contributed by atoms with Crippen molar-refractivity contribution in [2.75, 3.05) is 6.61 Å². The lowest BCUT2D eigenvalue weighted by atomic mass is 10.0. The van der Waals surface area contributed by atoms with Gasteiger partial charge in [0.05, 0.1) is 12.5 Å². The molecule has 0 saturated heterocycles. The average Bonchev–Trinajstić information content (AvgIpc) is 2.30. The minimum absolute atomic E-state index is 0.0488. The van der Waals surface area contributed by atoms with Crippen LogP contribution < -0.4 is 5.32 Å². The van der Waals surface area contributed by atoms with Gasteiger partial charge in [-0.05, 0) is 18.9 Å². The van der Waals surface area contributed by atoms with Crippen LogP contribution in [0.4, 0.5) is 0 Å². The van der Waals surface area contributed by atoms with E-state index in [1.807, 2.05) is 37.3 Å². The van der Waals surface area contributed by atoms with E-state index in [0.717, 1.165) is 5.56 Å². The van der Waals surface area contributed by atoms with E-state index in [9.17, 15) is 0 Å². The third-order valence-corrected chi connectivity index (χ3v) is 2.55. The van der Waals surface area contributed by atoms with Gasteiger partial charge < -0.3 is 10.4 Å². The molecule has 0 aliphatic rings. The molecule has 1 aromatic rings. The monoisotopic (exact) mass is 218 g/mol. The van der Waals surface area contributed by atoms with Gasteiger partial charge in [-0.15, -0.1) is 0 Å². The van der Waals surface area contributed by atoms with Gasteiger partial charge in [0.1, 0.15) is 0 Å². The van der Waals surface area contributed by atoms with Crippen LogP contribution in [0.1, 0.15) is 31.4 Å². The van der Waals surface area contributed by atoms with E-state index in [1.165, 1.54) is 0 Å². The fourth-order valence-electron chi connectivity index (χ4n) is 1.67. The number of hydrogen-bond acceptors (Lipinski definition) is 3. The van der Waals surface area contributed by atoms with Crippen LogP contribution in [-0.2, 0) is 0 Å². The molecular weight excluding hydrogens is 200 g/mol. The van der Waals surface area contributed by atoms with Gasteiger partial charge in [-0.25, -0.2) is 0 Å². The molecular formula is C13H18N2O. The highest BCUT2D eigenvalue weighted by Gasteiger charge is 2.13. The van der Waals surface area contributed by atoms with Crippen molar-refractivity contribution in [1.82, 2.24) is 5.32 Å². The summed E-state index contributed by atoms with van der Waals surface area (Å²) in [5, 5.41) is 21.0. The van der Waals surface area contributed by atoms with Crippen molar-refractivity contribution < 1.29 is 5.11 Å². The molecule has 16 heavy (non-hydrogen) atoms. The zero-order chi connectivity index (χ0) is 11.8. The molecule has 3 nitrogen and oxygen atoms in total. The largest absolute Gasteiger partial charge is 0.396 e. The van der Waals surface area contributed by atoms with Gasteiger partial charge in [-0.1, -0.05) is 30.3 Å². The number of rotatable bonds is 6. The molecule has 0 fully saturated rings. The standard InChI is InChI=1S/C13H18N2O/c1-11(8-10-16)15-13(7-9-14)12-5-3-2-4-6-12/h2-6,11,13,15-16H,7-8,10H2,1H3. The molecule has 86 valence electrons. The van der Waals surface area contributed by atoms with Crippen molar-refractivity contribution in [2.45, 2.75) is 31.8 Å². The Balaban J connectivity index is 2.65. The van der Waals surface area contributed by atoms with E-state index >= 15 is 0 Å². The molecule has 0 aromatic heterocycles. The molecule has 0 spiro atoms. The van der Waals surface area contributed by atoms with Crippen LogP contribution in [0.15, 0.2) is 30.3 Å². The Kier molecular flexibility index (Phi) is 5.55. The molecule has 1 aromatic carbocycles. The summed E-state index contributed by atoms with van der Waals surface area (Å²) >= 11 is 0. The Morgan fingerprint density at radius 1 is 1.38 bits per heavy atom. The molecule has 3 heteroatoms. The zero-order valence-electron chi connectivity index (χ0n) is 9.56. The number of aliphatic hydroxyl groups excluding tert-OH is 1. The molecule has 0 amide bonds. The SMILES string of the molecule is CC(CCO)NC(CC#N)c1ccccc1. The fourth-order valence-corrected chi connectivity index (χ4v) is 1.67. The quantitative estimate of drug-likeness (QED) is 0.768. The number of benzene rings is 1. The first-order valence-corrected chi connectivity index (χ1v) is 5.56. The summed E-state index contributed by atoms with van der Waals surface area (Å²) in [7, 11) is 0. The predicted octanol–water partition coefficient (Wildman–Crippen LogP) is 2.00. The first-order chi connectivity index (χ1) is 7.77. The summed E-state index contributed by atoms with van der Waals surface area (Å²) < 4.78 is 0. The Labute approximate surface area is 96.7 Å². The summed E-state index contributed by atoms with van der Waals surface area (Å²) in [5.74, 6) is 0. The molecule has 0 bridgehead atoms. The van der Waals surface area contributed by atoms with Crippen LogP contribution in [0.3, 0.4) is 0 Å². The second kappa shape index (κ2) is 7.00. The van der Waals surface area contributed by atoms with Crippen LogP contribution in [-0.4, -0.2) is 17.8 Å². The van der Waals surface area contributed by atoms with E-state index in [0.29, 0.717) is 12.8 Å². The summed E-state index contributed by atoms with van der Waals surface area (Å²) in [5.41, 5.74) is 1.12. The van der Waals surface area contributed by atoms with Crippen LogP contribution in [0.25, 0.3) is 0 Å². The summed E-state index contributed by atoms with van der Waals surface area (Å²) in [4.78, 5) is 0. The van der Waals surface area contributed by atoms with E-state index in [-0.39, 0.29) is 18.7 Å². The normalized spacial score (nSPS) is 14.1. The number of nitrogens with one attached hydrogen (secondary N) is 1. The van der Waals surface area contributed by atoms with Crippen molar-refractivity contribution in [3.63, 3.8) is 0 Å². The topological polar surface area (TPSA) is 56.0 Å². The Bertz CT molecular complexity index is 332. The second-order valence-corrected chi connectivity index (χ2v) is 3.91. The molecule has 0 aliphatic carbocycles. The highest BCUT2D eigenvalue weighted by molar-refractivity contribution is 5.20. The maximum absolute atomic E-state index is 8.85. The maximum Gasteiger partial charge on any atom is 0.0641 e. The van der Waals surface area contributed by atoms with Crippen LogP contribution in [0, 0.1) is 11.3 Å². The van der Waals surface area contributed by atoms with Gasteiger partial charge in [0.2, 0.25) is 0 Å². The predicted molar refractivity (Wildman–Crippen MR) is 63.7 cm³/mol. The van der Waals surface area contributed by atoms with Crippen LogP contribution in [0.5, 0.6) is 0 Å². The number of hydrogen-bond donors (Lipinski definition) is 2. The highest BCUT2D eigenvalue weighted by atomic mass is 16.3. The number of aliphatic hydroxyl groups is 1. The smallest absolute Gasteiger partial charge is 0.0641 e. The number of nitrogens with zero attached hydrogens (tertiary/aromatic N) is 1. The van der Waals surface area contributed by atoms with Crippen molar-refractivity contribution in [2.24, 2.45) is 0 Å². The Morgan fingerprint density at radius 3 is 2.62 bits per heavy atom. The average molecular weight is 218 g/mol. The van der Waals surface area contributed by atoms with E-state index < -0.39 is 0 Å². The van der Waals surface area contributed by atoms with Crippen molar-refractivity contribution in [1.29, 1.82) is 5.26 Å². The minimum Gasteiger partial charge on any atom is -0.396 e. The molecule has 0 radical (unpaired) electrons. The minimum atomic E-state index is 0.0488. The number of nitriles is 1. The third-order valence-electron chi connectivity index (χ3n) is 2.55. The van der Waals surface area contributed by atoms with E-state index in [2.05, 4.69) is 11.4 Å². The van der Waals surface area contributed by atoms with Gasteiger partial charge >= 0.3 is 0 Å². The zero-order valence-corrected chi connectivity index (χ0v) is 9.56. The molecule has 2 unspecified atom stereocenters. The maximum atomic E-state index is 8.85. The molecule has 0 saturated carbocycles. The van der Waals surface area contributed by atoms with Crippen molar-refractivity contribution >= 4 is 0 Å². The Morgan fingerprint density at radius 2 is 2.06 bits per heavy atom. The van der Waals surface area contributed by atoms with Gasteiger partial charge in [0.15, 0.2) is 0 Å². The lowest BCUT2D eigenvalue weighted by Gasteiger charge is -2.21. The third kappa shape index (κ3) is 4.01. The second-order valence-electron chi connectivity index (χ2n) is 3.91. The van der Waals surface area contributed by atoms with Crippen LogP contribution >= 0.6 is 0 Å². The lowest BCUT2D eigenvalue weighted by Crippen LogP contribution is -2.31. The van der Waals surface area contributed by atoms with Gasteiger partial charge in [0.25, 0.3) is 0 Å². The summed E-state index contributed by atoms with van der Waals surface area (Å²) in [6.45, 7) is 2.19. The van der Waals surface area contributed by atoms with Crippen molar-refractivity contribution in [3.8, 4) is 6.07 Å². The molecule has 0 aliphatic heterocycles. The first kappa shape index (κ1) is 12.7. The molecule has 0 heterocycles. The fraction of sp³-hybridized carbons (Fsp3) is 0.462. The van der Waals surface area contributed by atoms with Gasteiger partial charge in [-0.3, -0.25) is 0 Å². The summed E-state index contributed by atoms with van der Waals surface area (Å²) in [6.07, 6.45) is 1.15. The Hall–Kier alpha value is -1.37. The molecule has 2 atom stereocenters. The first-order valence-electron chi connectivity index (χ1n) is 5.56. The van der Waals surface area contributed by atoms with Crippen molar-refractivity contribution in [3.05, 3.63) is 35.9 Å². The van der Waals surface area contributed by atoms with E-state index in [4.69, 9.17) is 10.4 Å².